The van der Waals surface area contributed by atoms with E-state index in [0.29, 0.717) is 11.3 Å². The number of halogens is 2. The molecule has 0 spiro atoms. The first-order valence-corrected chi connectivity index (χ1v) is 7.64. The van der Waals surface area contributed by atoms with Crippen LogP contribution in [0.1, 0.15) is 21.3 Å². The molecule has 0 fully saturated rings. The Balaban J connectivity index is 2.11. The number of nitrogens with zero attached hydrogens (tertiary/aromatic N) is 1. The van der Waals surface area contributed by atoms with Gasteiger partial charge in [-0.05, 0) is 23.8 Å². The number of carbonyl (C=O) groups is 2. The molecule has 6 nitrogen and oxygen atoms in total. The van der Waals surface area contributed by atoms with Crippen LogP contribution in [0.4, 0.5) is 5.69 Å². The van der Waals surface area contributed by atoms with Crippen molar-refractivity contribution in [2.24, 2.45) is 0 Å². The second kappa shape index (κ2) is 7.90. The van der Waals surface area contributed by atoms with Gasteiger partial charge < -0.3 is 5.32 Å². The van der Waals surface area contributed by atoms with Crippen molar-refractivity contribution in [2.45, 2.75) is 5.38 Å². The topological polar surface area (TPSA) is 89.3 Å². The first-order valence-electron chi connectivity index (χ1n) is 6.83. The van der Waals surface area contributed by atoms with Gasteiger partial charge in [0.05, 0.1) is 5.02 Å². The lowest BCUT2D eigenvalue weighted by Crippen LogP contribution is -2.18. The predicted octanol–water partition coefficient (Wildman–Crippen LogP) is 3.72. The average molecular weight is 367 g/mol. The van der Waals surface area contributed by atoms with Gasteiger partial charge in [-0.3, -0.25) is 19.7 Å². The van der Waals surface area contributed by atoms with Crippen LogP contribution in [0.15, 0.2) is 48.5 Å². The van der Waals surface area contributed by atoms with E-state index in [1.165, 1.54) is 18.2 Å². The third-order valence-electron chi connectivity index (χ3n) is 3.13. The Morgan fingerprint density at radius 1 is 1.17 bits per heavy atom. The lowest BCUT2D eigenvalue weighted by atomic mass is 10.1. The van der Waals surface area contributed by atoms with Gasteiger partial charge in [0.2, 0.25) is 11.7 Å². The first kappa shape index (κ1) is 17.9. The number of alkyl halides is 1. The van der Waals surface area contributed by atoms with Crippen LogP contribution in [0.2, 0.25) is 5.02 Å². The third-order valence-corrected chi connectivity index (χ3v) is 3.90. The molecule has 0 bridgehead atoms. The van der Waals surface area contributed by atoms with Gasteiger partial charge in [-0.1, -0.05) is 41.9 Å². The lowest BCUT2D eigenvalue weighted by molar-refractivity contribution is -0.465. The summed E-state index contributed by atoms with van der Waals surface area (Å²) < 4.78 is 0. The van der Waals surface area contributed by atoms with E-state index in [0.717, 1.165) is 0 Å². The van der Waals surface area contributed by atoms with Gasteiger partial charge in [0, 0.05) is 16.2 Å². The molecular formula is C16H12Cl2N2O4. The lowest BCUT2D eigenvalue weighted by Gasteiger charge is -2.11. The van der Waals surface area contributed by atoms with E-state index < -0.39 is 28.5 Å². The highest BCUT2D eigenvalue weighted by atomic mass is 35.5. The molecule has 8 heteroatoms. The molecule has 2 rings (SSSR count). The second-order valence-electron chi connectivity index (χ2n) is 4.87. The molecule has 0 heterocycles. The molecule has 1 amide bonds. The maximum absolute atomic E-state index is 12.1. The van der Waals surface area contributed by atoms with Crippen LogP contribution in [0, 0.1) is 10.1 Å². The summed E-state index contributed by atoms with van der Waals surface area (Å²) in [7, 11) is 0. The SMILES string of the molecule is O=C(C[N+](=O)[O-])c1ccc(NC(=O)C(Cl)c2ccccc2)cc1Cl. The van der Waals surface area contributed by atoms with Crippen LogP contribution in [-0.2, 0) is 4.79 Å². The zero-order valence-electron chi connectivity index (χ0n) is 12.2. The van der Waals surface area contributed by atoms with Crippen LogP contribution < -0.4 is 5.32 Å². The van der Waals surface area contributed by atoms with E-state index in [1.807, 2.05) is 6.07 Å². The Hall–Kier alpha value is -2.44. The molecule has 0 saturated heterocycles. The zero-order chi connectivity index (χ0) is 17.7. The van der Waals surface area contributed by atoms with Crippen molar-refractivity contribution in [3.8, 4) is 0 Å². The number of hydrogen-bond donors (Lipinski definition) is 1. The Morgan fingerprint density at radius 2 is 1.83 bits per heavy atom. The van der Waals surface area contributed by atoms with Crippen molar-refractivity contribution in [3.05, 3.63) is 74.8 Å². The number of hydrogen-bond acceptors (Lipinski definition) is 4. The fourth-order valence-corrected chi connectivity index (χ4v) is 2.49. The zero-order valence-corrected chi connectivity index (χ0v) is 13.8. The van der Waals surface area contributed by atoms with Crippen molar-refractivity contribution in [2.75, 3.05) is 11.9 Å². The van der Waals surface area contributed by atoms with Crippen molar-refractivity contribution in [3.63, 3.8) is 0 Å². The summed E-state index contributed by atoms with van der Waals surface area (Å²) in [6, 6.07) is 12.9. The summed E-state index contributed by atoms with van der Waals surface area (Å²) in [5.74, 6) is -1.16. The quantitative estimate of drug-likeness (QED) is 0.365. The maximum atomic E-state index is 12.1. The molecule has 1 atom stereocenters. The third kappa shape index (κ3) is 4.53. The minimum absolute atomic E-state index is 0.0190. The molecule has 2 aromatic carbocycles. The predicted molar refractivity (Wildman–Crippen MR) is 91.3 cm³/mol. The van der Waals surface area contributed by atoms with Gasteiger partial charge in [0.1, 0.15) is 5.38 Å². The average Bonchev–Trinajstić information content (AvgIpc) is 2.54. The molecule has 0 aromatic heterocycles. The smallest absolute Gasteiger partial charge is 0.265 e. The molecule has 124 valence electrons. The Kier molecular flexibility index (Phi) is 5.89. The van der Waals surface area contributed by atoms with Crippen LogP contribution in [0.5, 0.6) is 0 Å². The highest BCUT2D eigenvalue weighted by molar-refractivity contribution is 6.35. The molecule has 0 aliphatic carbocycles. The van der Waals surface area contributed by atoms with E-state index >= 15 is 0 Å². The number of amides is 1. The number of benzene rings is 2. The minimum atomic E-state index is -0.888. The fraction of sp³-hybridized carbons (Fsp3) is 0.125. The fourth-order valence-electron chi connectivity index (χ4n) is 2.00. The molecule has 0 saturated carbocycles. The van der Waals surface area contributed by atoms with Crippen molar-refractivity contribution in [1.29, 1.82) is 0 Å². The van der Waals surface area contributed by atoms with Gasteiger partial charge >= 0.3 is 0 Å². The van der Waals surface area contributed by atoms with Crippen LogP contribution in [0.3, 0.4) is 0 Å². The highest BCUT2D eigenvalue weighted by Gasteiger charge is 2.19. The number of Topliss-reactive ketones (excluding diaryl/α,β-unsaturated/α-hetero) is 1. The number of rotatable bonds is 6. The Bertz CT molecular complexity index is 781. The van der Waals surface area contributed by atoms with Crippen LogP contribution >= 0.6 is 23.2 Å². The van der Waals surface area contributed by atoms with E-state index in [4.69, 9.17) is 23.2 Å². The molecule has 24 heavy (non-hydrogen) atoms. The van der Waals surface area contributed by atoms with Crippen molar-refractivity contribution < 1.29 is 14.5 Å². The van der Waals surface area contributed by atoms with Crippen molar-refractivity contribution in [1.82, 2.24) is 0 Å². The number of ketones is 1. The van der Waals surface area contributed by atoms with E-state index in [-0.39, 0.29) is 10.6 Å². The Labute approximate surface area is 147 Å². The molecule has 1 unspecified atom stereocenters. The summed E-state index contributed by atoms with van der Waals surface area (Å²) in [5.41, 5.74) is 1.00. The van der Waals surface area contributed by atoms with Crippen LogP contribution in [-0.4, -0.2) is 23.2 Å². The van der Waals surface area contributed by atoms with Gasteiger partial charge in [-0.25, -0.2) is 0 Å². The highest BCUT2D eigenvalue weighted by Crippen LogP contribution is 2.25. The molecule has 1 N–H and O–H groups in total. The van der Waals surface area contributed by atoms with Gasteiger partial charge in [0.25, 0.3) is 6.54 Å². The summed E-state index contributed by atoms with van der Waals surface area (Å²) in [4.78, 5) is 33.5. The Morgan fingerprint density at radius 3 is 2.42 bits per heavy atom. The maximum Gasteiger partial charge on any atom is 0.265 e. The first-order chi connectivity index (χ1) is 11.4. The normalized spacial score (nSPS) is 11.6. The number of nitrogens with one attached hydrogen (secondary N) is 1. The summed E-state index contributed by atoms with van der Waals surface area (Å²) in [5, 5.41) is 12.1. The minimum Gasteiger partial charge on any atom is -0.324 e. The van der Waals surface area contributed by atoms with Gasteiger partial charge in [-0.15, -0.1) is 11.6 Å². The largest absolute Gasteiger partial charge is 0.324 e. The molecule has 2 aromatic rings. The number of anilines is 1. The van der Waals surface area contributed by atoms with Crippen LogP contribution in [0.25, 0.3) is 0 Å². The van der Waals surface area contributed by atoms with Crippen molar-refractivity contribution >= 4 is 40.6 Å². The summed E-state index contributed by atoms with van der Waals surface area (Å²) in [6.07, 6.45) is 0. The van der Waals surface area contributed by atoms with E-state index in [2.05, 4.69) is 5.32 Å². The molecule has 0 radical (unpaired) electrons. The van der Waals surface area contributed by atoms with E-state index in [9.17, 15) is 19.7 Å². The molecule has 0 aliphatic heterocycles. The van der Waals surface area contributed by atoms with Gasteiger partial charge in [-0.2, -0.15) is 0 Å². The summed E-state index contributed by atoms with van der Waals surface area (Å²) >= 11 is 12.1. The van der Waals surface area contributed by atoms with Gasteiger partial charge in [0.15, 0.2) is 0 Å². The standard InChI is InChI=1S/C16H12Cl2N2O4/c17-13-8-11(6-7-12(13)14(21)9-20(23)24)19-16(22)15(18)10-4-2-1-3-5-10/h1-8,15H,9H2,(H,19,22). The monoisotopic (exact) mass is 366 g/mol. The number of carbonyl (C=O) groups excluding carboxylic acids is 2. The second-order valence-corrected chi connectivity index (χ2v) is 5.71. The van der Waals surface area contributed by atoms with E-state index in [1.54, 1.807) is 24.3 Å². The number of nitro groups is 1. The summed E-state index contributed by atoms with van der Waals surface area (Å²) in [6.45, 7) is -0.844. The molecular weight excluding hydrogens is 355 g/mol. The molecule has 0 aliphatic rings.